The van der Waals surface area contributed by atoms with Gasteiger partial charge in [-0.15, -0.1) is 11.3 Å². The van der Waals surface area contributed by atoms with Crippen molar-refractivity contribution in [2.75, 3.05) is 0 Å². The van der Waals surface area contributed by atoms with Gasteiger partial charge in [-0.25, -0.2) is 9.50 Å². The molecule has 0 aliphatic carbocycles. The summed E-state index contributed by atoms with van der Waals surface area (Å²) in [4.78, 5) is 19.1. The van der Waals surface area contributed by atoms with Crippen LogP contribution in [-0.2, 0) is 6.42 Å². The summed E-state index contributed by atoms with van der Waals surface area (Å²) in [6, 6.07) is 13.5. The molecule has 0 aliphatic heterocycles. The first-order chi connectivity index (χ1) is 15.3. The van der Waals surface area contributed by atoms with Crippen molar-refractivity contribution >= 4 is 40.2 Å². The first kappa shape index (κ1) is 21.1. The van der Waals surface area contributed by atoms with Gasteiger partial charge in [-0.3, -0.25) is 9.89 Å². The molecule has 0 saturated carbocycles. The summed E-state index contributed by atoms with van der Waals surface area (Å²) in [6.45, 7) is 6.03. The number of H-pyrrole nitrogens is 1. The van der Waals surface area contributed by atoms with Crippen molar-refractivity contribution in [3.63, 3.8) is 0 Å². The largest absolute Gasteiger partial charge is 0.317 e. The van der Waals surface area contributed by atoms with Crippen LogP contribution in [0.2, 0.25) is 10.0 Å². The van der Waals surface area contributed by atoms with Crippen molar-refractivity contribution in [3.05, 3.63) is 96.5 Å². The number of fused-ring (bicyclic) bond motifs is 1. The number of aromatic amines is 1. The van der Waals surface area contributed by atoms with Gasteiger partial charge in [-0.05, 0) is 62.0 Å². The molecule has 1 N–H and O–H groups in total. The van der Waals surface area contributed by atoms with Crippen molar-refractivity contribution in [3.8, 4) is 16.3 Å². The number of aryl methyl sites for hydroxylation is 3. The normalized spacial score (nSPS) is 11.5. The fraction of sp³-hybridized carbons (Fsp3) is 0.167. The lowest BCUT2D eigenvalue weighted by atomic mass is 10.1. The maximum Gasteiger partial charge on any atom is 0.276 e. The van der Waals surface area contributed by atoms with E-state index in [-0.39, 0.29) is 5.56 Å². The molecule has 5 rings (SSSR count). The first-order valence-electron chi connectivity index (χ1n) is 10.1. The number of nitrogens with one attached hydrogen (secondary N) is 1. The van der Waals surface area contributed by atoms with Crippen molar-refractivity contribution in [2.24, 2.45) is 0 Å². The van der Waals surface area contributed by atoms with Gasteiger partial charge in [0.15, 0.2) is 5.65 Å². The summed E-state index contributed by atoms with van der Waals surface area (Å²) in [5.74, 6) is 0. The Hall–Kier alpha value is -2.80. The highest BCUT2D eigenvalue weighted by Crippen LogP contribution is 2.33. The van der Waals surface area contributed by atoms with Gasteiger partial charge < -0.3 is 4.57 Å². The topological polar surface area (TPSA) is 55.1 Å². The van der Waals surface area contributed by atoms with Gasteiger partial charge in [0.05, 0.1) is 16.3 Å². The van der Waals surface area contributed by atoms with Crippen molar-refractivity contribution in [2.45, 2.75) is 27.2 Å². The number of hydrogen-bond acceptors (Lipinski definition) is 3. The smallest absolute Gasteiger partial charge is 0.276 e. The van der Waals surface area contributed by atoms with Crippen LogP contribution in [0.4, 0.5) is 0 Å². The Kier molecular flexibility index (Phi) is 5.24. The molecule has 0 aliphatic rings. The second-order valence-electron chi connectivity index (χ2n) is 7.84. The second kappa shape index (κ2) is 7.96. The molecule has 0 atom stereocenters. The standard InChI is InChI=1S/C24H20Cl2N4OS/c1-13-4-5-14(2)29(13)21-8-9-32-23(21)20-12-22-27-15(3)18(24(31)30(22)28-20)10-16-6-7-17(25)11-19(16)26/h4-9,11-12,28H,10H2,1-3H3. The average molecular weight is 483 g/mol. The number of aromatic nitrogens is 4. The zero-order valence-corrected chi connectivity index (χ0v) is 20.1. The Morgan fingerprint density at radius 2 is 1.78 bits per heavy atom. The van der Waals surface area contributed by atoms with E-state index in [1.807, 2.05) is 19.1 Å². The molecular weight excluding hydrogens is 463 g/mol. The molecule has 0 bridgehead atoms. The van der Waals surface area contributed by atoms with E-state index < -0.39 is 0 Å². The van der Waals surface area contributed by atoms with E-state index in [4.69, 9.17) is 28.2 Å². The number of nitrogens with zero attached hydrogens (tertiary/aromatic N) is 3. The van der Waals surface area contributed by atoms with Gasteiger partial charge in [0.25, 0.3) is 5.56 Å². The van der Waals surface area contributed by atoms with Crippen LogP contribution in [0.1, 0.15) is 28.2 Å². The Morgan fingerprint density at radius 3 is 2.50 bits per heavy atom. The fourth-order valence-electron chi connectivity index (χ4n) is 4.07. The van der Waals surface area contributed by atoms with E-state index in [1.165, 1.54) is 4.52 Å². The van der Waals surface area contributed by atoms with Gasteiger partial charge in [-0.2, -0.15) is 0 Å². The highest BCUT2D eigenvalue weighted by Gasteiger charge is 2.18. The molecule has 0 spiro atoms. The zero-order chi connectivity index (χ0) is 22.6. The van der Waals surface area contributed by atoms with Crippen LogP contribution in [0.15, 0.2) is 52.6 Å². The van der Waals surface area contributed by atoms with E-state index in [1.54, 1.807) is 23.5 Å². The predicted octanol–water partition coefficient (Wildman–Crippen LogP) is 6.36. The quantitative estimate of drug-likeness (QED) is 0.323. The van der Waals surface area contributed by atoms with Crippen LogP contribution in [-0.4, -0.2) is 19.2 Å². The first-order valence-corrected chi connectivity index (χ1v) is 11.8. The molecule has 5 nitrogen and oxygen atoms in total. The van der Waals surface area contributed by atoms with Crippen LogP contribution >= 0.6 is 34.5 Å². The highest BCUT2D eigenvalue weighted by atomic mass is 35.5. The minimum atomic E-state index is -0.129. The van der Waals surface area contributed by atoms with Crippen LogP contribution < -0.4 is 5.56 Å². The predicted molar refractivity (Wildman–Crippen MR) is 132 cm³/mol. The summed E-state index contributed by atoms with van der Waals surface area (Å²) < 4.78 is 3.73. The minimum Gasteiger partial charge on any atom is -0.317 e. The van der Waals surface area contributed by atoms with Gasteiger partial charge >= 0.3 is 0 Å². The van der Waals surface area contributed by atoms with E-state index in [0.717, 1.165) is 33.2 Å². The summed E-state index contributed by atoms with van der Waals surface area (Å²) >= 11 is 14.0. The number of halogens is 2. The number of hydrogen-bond donors (Lipinski definition) is 1. The van der Waals surface area contributed by atoms with Gasteiger partial charge in [0.2, 0.25) is 0 Å². The van der Waals surface area contributed by atoms with Gasteiger partial charge in [0, 0.05) is 45.2 Å². The van der Waals surface area contributed by atoms with Crippen molar-refractivity contribution in [1.29, 1.82) is 0 Å². The van der Waals surface area contributed by atoms with Crippen LogP contribution in [0, 0.1) is 20.8 Å². The lowest BCUT2D eigenvalue weighted by molar-refractivity contribution is 0.862. The molecular formula is C24H20Cl2N4OS. The van der Waals surface area contributed by atoms with Crippen LogP contribution in [0.25, 0.3) is 21.9 Å². The van der Waals surface area contributed by atoms with E-state index in [9.17, 15) is 4.79 Å². The van der Waals surface area contributed by atoms with Crippen LogP contribution in [0.5, 0.6) is 0 Å². The Morgan fingerprint density at radius 1 is 1.03 bits per heavy atom. The molecule has 4 aromatic heterocycles. The van der Waals surface area contributed by atoms with Crippen LogP contribution in [0.3, 0.4) is 0 Å². The maximum atomic E-state index is 13.4. The van der Waals surface area contributed by atoms with Crippen molar-refractivity contribution in [1.82, 2.24) is 19.2 Å². The summed E-state index contributed by atoms with van der Waals surface area (Å²) in [5, 5.41) is 6.43. The molecule has 32 heavy (non-hydrogen) atoms. The van der Waals surface area contributed by atoms with Crippen molar-refractivity contribution < 1.29 is 0 Å². The zero-order valence-electron chi connectivity index (χ0n) is 17.7. The maximum absolute atomic E-state index is 13.4. The van der Waals surface area contributed by atoms with E-state index in [2.05, 4.69) is 47.1 Å². The minimum absolute atomic E-state index is 0.129. The molecule has 0 saturated heterocycles. The number of thiophene rings is 1. The summed E-state index contributed by atoms with van der Waals surface area (Å²) in [6.07, 6.45) is 0.386. The lowest BCUT2D eigenvalue weighted by Crippen LogP contribution is -2.22. The third kappa shape index (κ3) is 3.48. The average Bonchev–Trinajstić information content (AvgIpc) is 3.45. The monoisotopic (exact) mass is 482 g/mol. The molecule has 0 amide bonds. The number of benzene rings is 1. The molecule has 8 heteroatoms. The van der Waals surface area contributed by atoms with Gasteiger partial charge in [-0.1, -0.05) is 29.3 Å². The molecule has 1 aromatic carbocycles. The highest BCUT2D eigenvalue weighted by molar-refractivity contribution is 7.14. The third-order valence-corrected chi connectivity index (χ3v) is 7.22. The molecule has 5 aromatic rings. The van der Waals surface area contributed by atoms with E-state index >= 15 is 0 Å². The molecule has 4 heterocycles. The molecule has 0 fully saturated rings. The SMILES string of the molecule is Cc1nc2cc(-c3sccc3-n3c(C)ccc3C)[nH]n2c(=O)c1Cc1ccc(Cl)cc1Cl. The Bertz CT molecular complexity index is 1520. The summed E-state index contributed by atoms with van der Waals surface area (Å²) in [5.41, 5.74) is 6.85. The van der Waals surface area contributed by atoms with E-state index in [0.29, 0.717) is 33.4 Å². The Balaban J connectivity index is 1.62. The molecule has 0 radical (unpaired) electrons. The molecule has 162 valence electrons. The lowest BCUT2D eigenvalue weighted by Gasteiger charge is -2.09. The third-order valence-electron chi connectivity index (χ3n) is 5.70. The summed E-state index contributed by atoms with van der Waals surface area (Å²) in [7, 11) is 0. The second-order valence-corrected chi connectivity index (χ2v) is 9.60. The fourth-order valence-corrected chi connectivity index (χ4v) is 5.39. The van der Waals surface area contributed by atoms with Gasteiger partial charge in [0.1, 0.15) is 0 Å². The molecule has 0 unspecified atom stereocenters. The number of rotatable bonds is 4. The Labute approximate surface area is 198 Å².